The van der Waals surface area contributed by atoms with E-state index in [1.807, 2.05) is 26.0 Å². The Morgan fingerprint density at radius 2 is 1.92 bits per heavy atom. The third-order valence-corrected chi connectivity index (χ3v) is 5.96. The number of aliphatic hydroxyl groups excluding tert-OH is 3. The lowest BCUT2D eigenvalue weighted by atomic mass is 9.99. The highest BCUT2D eigenvalue weighted by Crippen LogP contribution is 2.41. The molecule has 0 bridgehead atoms. The van der Waals surface area contributed by atoms with Gasteiger partial charge in [0.05, 0.1) is 11.0 Å². The van der Waals surface area contributed by atoms with E-state index in [2.05, 4.69) is 4.98 Å². The van der Waals surface area contributed by atoms with Crippen LogP contribution in [-0.2, 0) is 9.84 Å². The second-order valence-electron chi connectivity index (χ2n) is 5.05. The summed E-state index contributed by atoms with van der Waals surface area (Å²) in [6.45, 7) is 4.00. The van der Waals surface area contributed by atoms with Crippen LogP contribution in [0.25, 0.3) is 0 Å². The number of allylic oxidation sites excluding steroid dienone is 4. The Morgan fingerprint density at radius 3 is 2.56 bits per heavy atom. The second-order valence-corrected chi connectivity index (χ2v) is 7.12. The molecule has 3 atom stereocenters. The summed E-state index contributed by atoms with van der Waals surface area (Å²) in [6, 6.07) is 1.47. The normalized spacial score (nSPS) is 23.8. The van der Waals surface area contributed by atoms with Crippen LogP contribution in [-0.4, -0.2) is 47.2 Å². The minimum absolute atomic E-state index is 0.00436. The minimum atomic E-state index is -3.82. The SMILES string of the molecule is CC.CO.O=S1(=O)c2cnccc2C(O)C1C(O)C1=CC=CCC=C1. The molecule has 2 aliphatic rings. The topological polar surface area (TPSA) is 108 Å². The summed E-state index contributed by atoms with van der Waals surface area (Å²) in [5.41, 5.74) is 0.764. The van der Waals surface area contributed by atoms with Crippen LogP contribution in [0.2, 0.25) is 0 Å². The Balaban J connectivity index is 0.000000730. The van der Waals surface area contributed by atoms with Gasteiger partial charge in [0.1, 0.15) is 11.4 Å². The Kier molecular flexibility index (Phi) is 8.18. The summed E-state index contributed by atoms with van der Waals surface area (Å²) < 4.78 is 25.1. The number of hydrogen-bond acceptors (Lipinski definition) is 6. The summed E-state index contributed by atoms with van der Waals surface area (Å²) in [5.74, 6) is 0. The van der Waals surface area contributed by atoms with Gasteiger partial charge in [0.25, 0.3) is 0 Å². The molecule has 3 N–H and O–H groups in total. The van der Waals surface area contributed by atoms with E-state index >= 15 is 0 Å². The number of rotatable bonds is 2. The molecular weight excluding hydrogens is 342 g/mol. The van der Waals surface area contributed by atoms with Crippen molar-refractivity contribution in [3.8, 4) is 0 Å². The quantitative estimate of drug-likeness (QED) is 0.734. The smallest absolute Gasteiger partial charge is 0.188 e. The lowest BCUT2D eigenvalue weighted by Gasteiger charge is -2.21. The lowest BCUT2D eigenvalue weighted by molar-refractivity contribution is 0.109. The lowest BCUT2D eigenvalue weighted by Crippen LogP contribution is -2.35. The van der Waals surface area contributed by atoms with E-state index in [-0.39, 0.29) is 4.90 Å². The minimum Gasteiger partial charge on any atom is -0.400 e. The van der Waals surface area contributed by atoms with Gasteiger partial charge in [0.2, 0.25) is 0 Å². The fraction of sp³-hybridized carbons (Fsp3) is 0.389. The van der Waals surface area contributed by atoms with Gasteiger partial charge < -0.3 is 15.3 Å². The predicted molar refractivity (Wildman–Crippen MR) is 96.6 cm³/mol. The van der Waals surface area contributed by atoms with Crippen molar-refractivity contribution in [2.24, 2.45) is 0 Å². The number of fused-ring (bicyclic) bond motifs is 1. The molecule has 3 rings (SSSR count). The highest BCUT2D eigenvalue weighted by Gasteiger charge is 2.48. The molecule has 0 saturated heterocycles. The van der Waals surface area contributed by atoms with Crippen LogP contribution >= 0.6 is 0 Å². The predicted octanol–water partition coefficient (Wildman–Crippen LogP) is 1.71. The molecule has 3 unspecified atom stereocenters. The Morgan fingerprint density at radius 1 is 1.24 bits per heavy atom. The molecule has 0 saturated carbocycles. The van der Waals surface area contributed by atoms with Crippen LogP contribution in [0.15, 0.2) is 59.3 Å². The van der Waals surface area contributed by atoms with Crippen LogP contribution in [0.3, 0.4) is 0 Å². The standard InChI is InChI=1S/C15H15NO4S.C2H6.CH4O/c17-13(10-5-3-1-2-4-6-10)15-14(18)11-7-8-16-9-12(11)21(15,19)20;2*1-2/h1,3-9,13-15,17-18H,2H2;1-2H3;2H,1H3. The van der Waals surface area contributed by atoms with Gasteiger partial charge in [-0.2, -0.15) is 0 Å². The number of aromatic nitrogens is 1. The molecule has 1 aromatic rings. The fourth-order valence-electron chi connectivity index (χ4n) is 2.69. The van der Waals surface area contributed by atoms with Gasteiger partial charge in [-0.05, 0) is 18.1 Å². The van der Waals surface area contributed by atoms with E-state index < -0.39 is 27.3 Å². The molecule has 2 heterocycles. The molecule has 138 valence electrons. The number of sulfone groups is 1. The Labute approximate surface area is 148 Å². The third-order valence-electron chi connectivity index (χ3n) is 3.77. The van der Waals surface area contributed by atoms with Crippen LogP contribution in [0.5, 0.6) is 0 Å². The van der Waals surface area contributed by atoms with E-state index in [1.54, 1.807) is 18.2 Å². The highest BCUT2D eigenvalue weighted by atomic mass is 32.2. The van der Waals surface area contributed by atoms with Crippen molar-refractivity contribution in [1.82, 2.24) is 4.98 Å². The zero-order chi connectivity index (χ0) is 19.0. The van der Waals surface area contributed by atoms with E-state index in [0.717, 1.165) is 13.5 Å². The molecule has 1 aliphatic heterocycles. The molecule has 0 radical (unpaired) electrons. The summed E-state index contributed by atoms with van der Waals surface area (Å²) in [7, 11) is -2.82. The second kappa shape index (κ2) is 9.62. The molecule has 1 aliphatic carbocycles. The van der Waals surface area contributed by atoms with Crippen molar-refractivity contribution >= 4 is 9.84 Å². The first-order chi connectivity index (χ1) is 12.0. The first kappa shape index (κ1) is 21.2. The van der Waals surface area contributed by atoms with Crippen molar-refractivity contribution < 1.29 is 23.7 Å². The number of pyridine rings is 1. The van der Waals surface area contributed by atoms with Gasteiger partial charge in [-0.1, -0.05) is 44.2 Å². The van der Waals surface area contributed by atoms with Gasteiger partial charge in [0, 0.05) is 25.1 Å². The number of hydrogen-bond donors (Lipinski definition) is 3. The van der Waals surface area contributed by atoms with Gasteiger partial charge >= 0.3 is 0 Å². The maximum Gasteiger partial charge on any atom is 0.188 e. The molecule has 7 heteroatoms. The van der Waals surface area contributed by atoms with Crippen molar-refractivity contribution in [2.45, 2.75) is 42.6 Å². The Bertz CT molecular complexity index is 752. The zero-order valence-corrected chi connectivity index (χ0v) is 15.4. The van der Waals surface area contributed by atoms with Crippen molar-refractivity contribution in [3.63, 3.8) is 0 Å². The van der Waals surface area contributed by atoms with E-state index in [4.69, 9.17) is 5.11 Å². The maximum atomic E-state index is 12.5. The summed E-state index contributed by atoms with van der Waals surface area (Å²) >= 11 is 0. The average Bonchev–Trinajstić information content (AvgIpc) is 2.85. The highest BCUT2D eigenvalue weighted by molar-refractivity contribution is 7.92. The zero-order valence-electron chi connectivity index (χ0n) is 14.6. The molecular formula is C18H25NO5S. The van der Waals surface area contributed by atoms with E-state index in [0.29, 0.717) is 11.1 Å². The molecule has 0 fully saturated rings. The summed E-state index contributed by atoms with van der Waals surface area (Å²) in [4.78, 5) is 3.79. The fourth-order valence-corrected chi connectivity index (χ4v) is 4.69. The maximum absolute atomic E-state index is 12.5. The number of aliphatic hydroxyl groups is 3. The molecule has 25 heavy (non-hydrogen) atoms. The van der Waals surface area contributed by atoms with Gasteiger partial charge in [-0.25, -0.2) is 8.42 Å². The van der Waals surface area contributed by atoms with Gasteiger partial charge in [-0.15, -0.1) is 0 Å². The van der Waals surface area contributed by atoms with Crippen LogP contribution in [0.4, 0.5) is 0 Å². The number of nitrogens with zero attached hydrogens (tertiary/aromatic N) is 1. The Hall–Kier alpha value is -1.80. The molecule has 0 amide bonds. The first-order valence-corrected chi connectivity index (χ1v) is 9.60. The molecule has 6 nitrogen and oxygen atoms in total. The summed E-state index contributed by atoms with van der Waals surface area (Å²) in [5, 5.41) is 26.5. The average molecular weight is 367 g/mol. The largest absolute Gasteiger partial charge is 0.400 e. The monoisotopic (exact) mass is 367 g/mol. The van der Waals surface area contributed by atoms with Gasteiger partial charge in [0.15, 0.2) is 9.84 Å². The van der Waals surface area contributed by atoms with Crippen LogP contribution in [0.1, 0.15) is 31.9 Å². The van der Waals surface area contributed by atoms with Gasteiger partial charge in [-0.3, -0.25) is 4.98 Å². The van der Waals surface area contributed by atoms with Crippen LogP contribution < -0.4 is 0 Å². The summed E-state index contributed by atoms with van der Waals surface area (Å²) in [6.07, 6.45) is 9.66. The molecule has 1 aromatic heterocycles. The van der Waals surface area contributed by atoms with Crippen molar-refractivity contribution in [2.75, 3.05) is 7.11 Å². The van der Waals surface area contributed by atoms with E-state index in [1.165, 1.54) is 18.5 Å². The van der Waals surface area contributed by atoms with Crippen LogP contribution in [0, 0.1) is 0 Å². The van der Waals surface area contributed by atoms with E-state index in [9.17, 15) is 18.6 Å². The van der Waals surface area contributed by atoms with Crippen molar-refractivity contribution in [1.29, 1.82) is 0 Å². The van der Waals surface area contributed by atoms with Crippen molar-refractivity contribution in [3.05, 3.63) is 60.0 Å². The third kappa shape index (κ3) is 4.24. The molecule has 0 spiro atoms. The first-order valence-electron chi connectivity index (χ1n) is 8.05. The molecule has 0 aromatic carbocycles.